The molecule has 0 aliphatic heterocycles. The van der Waals surface area contributed by atoms with Gasteiger partial charge in [0.2, 0.25) is 0 Å². The highest BCUT2D eigenvalue weighted by Crippen LogP contribution is 2.05. The van der Waals surface area contributed by atoms with E-state index in [1.165, 1.54) is 0 Å². The fourth-order valence-corrected chi connectivity index (χ4v) is 1.12. The van der Waals surface area contributed by atoms with Crippen molar-refractivity contribution < 1.29 is 0 Å². The van der Waals surface area contributed by atoms with E-state index in [-0.39, 0.29) is 0 Å². The first-order valence-corrected chi connectivity index (χ1v) is 4.73. The van der Waals surface area contributed by atoms with Crippen molar-refractivity contribution in [3.05, 3.63) is 12.2 Å². The minimum Gasteiger partial charge on any atom is -0.314 e. The second-order valence-electron chi connectivity index (χ2n) is 3.78. The summed E-state index contributed by atoms with van der Waals surface area (Å²) >= 11 is 0. The topological polar surface area (TPSA) is 42.7 Å². The SMILES string of the molecule is CC(C)NCc1nncn1C(C)C. The van der Waals surface area contributed by atoms with Gasteiger partial charge in [0.1, 0.15) is 12.2 Å². The van der Waals surface area contributed by atoms with Crippen molar-refractivity contribution in [2.24, 2.45) is 0 Å². The number of rotatable bonds is 4. The van der Waals surface area contributed by atoms with E-state index >= 15 is 0 Å². The third-order valence-electron chi connectivity index (χ3n) is 1.87. The molecule has 0 aromatic carbocycles. The quantitative estimate of drug-likeness (QED) is 0.764. The molecular weight excluding hydrogens is 164 g/mol. The summed E-state index contributed by atoms with van der Waals surface area (Å²) in [6, 6.07) is 0.913. The maximum absolute atomic E-state index is 4.06. The highest BCUT2D eigenvalue weighted by atomic mass is 15.3. The van der Waals surface area contributed by atoms with Crippen LogP contribution < -0.4 is 5.32 Å². The highest BCUT2D eigenvalue weighted by Gasteiger charge is 2.06. The highest BCUT2D eigenvalue weighted by molar-refractivity contribution is 4.87. The van der Waals surface area contributed by atoms with Crippen LogP contribution in [0.4, 0.5) is 0 Å². The number of hydrogen-bond donors (Lipinski definition) is 1. The molecule has 0 aliphatic carbocycles. The zero-order valence-corrected chi connectivity index (χ0v) is 8.78. The van der Waals surface area contributed by atoms with E-state index in [1.54, 1.807) is 6.33 Å². The van der Waals surface area contributed by atoms with Crippen molar-refractivity contribution in [2.45, 2.75) is 46.3 Å². The Kier molecular flexibility index (Phi) is 3.42. The molecule has 1 heterocycles. The Morgan fingerprint density at radius 1 is 1.38 bits per heavy atom. The molecule has 13 heavy (non-hydrogen) atoms. The second-order valence-corrected chi connectivity index (χ2v) is 3.78. The summed E-state index contributed by atoms with van der Waals surface area (Å²) in [6.45, 7) is 9.28. The van der Waals surface area contributed by atoms with Gasteiger partial charge in [-0.25, -0.2) is 0 Å². The standard InChI is InChI=1S/C9H18N4/c1-7(2)10-5-9-12-11-6-13(9)8(3)4/h6-8,10H,5H2,1-4H3. The molecule has 0 radical (unpaired) electrons. The first-order valence-electron chi connectivity index (χ1n) is 4.73. The van der Waals surface area contributed by atoms with Gasteiger partial charge in [-0.15, -0.1) is 10.2 Å². The van der Waals surface area contributed by atoms with Crippen LogP contribution in [0.1, 0.15) is 39.6 Å². The fraction of sp³-hybridized carbons (Fsp3) is 0.778. The average Bonchev–Trinajstić information content (AvgIpc) is 2.47. The van der Waals surface area contributed by atoms with Crippen LogP contribution in [0.15, 0.2) is 6.33 Å². The minimum absolute atomic E-state index is 0.430. The largest absolute Gasteiger partial charge is 0.314 e. The van der Waals surface area contributed by atoms with E-state index < -0.39 is 0 Å². The smallest absolute Gasteiger partial charge is 0.147 e. The summed E-state index contributed by atoms with van der Waals surface area (Å²) in [7, 11) is 0. The first-order chi connectivity index (χ1) is 6.11. The molecule has 0 atom stereocenters. The van der Waals surface area contributed by atoms with E-state index in [4.69, 9.17) is 0 Å². The minimum atomic E-state index is 0.430. The van der Waals surface area contributed by atoms with Crippen LogP contribution in [0.3, 0.4) is 0 Å². The molecule has 0 bridgehead atoms. The maximum Gasteiger partial charge on any atom is 0.147 e. The van der Waals surface area contributed by atoms with Crippen LogP contribution in [0.5, 0.6) is 0 Å². The van der Waals surface area contributed by atoms with Crippen LogP contribution in [-0.4, -0.2) is 20.8 Å². The Balaban J connectivity index is 2.60. The van der Waals surface area contributed by atoms with Crippen LogP contribution in [0.2, 0.25) is 0 Å². The van der Waals surface area contributed by atoms with Gasteiger partial charge in [0.05, 0.1) is 6.54 Å². The summed E-state index contributed by atoms with van der Waals surface area (Å²) in [5.41, 5.74) is 0. The monoisotopic (exact) mass is 182 g/mol. The molecule has 4 nitrogen and oxygen atoms in total. The molecule has 4 heteroatoms. The van der Waals surface area contributed by atoms with Gasteiger partial charge in [0, 0.05) is 12.1 Å². The first kappa shape index (κ1) is 10.2. The molecule has 0 unspecified atom stereocenters. The Bertz CT molecular complexity index is 252. The molecule has 1 aromatic heterocycles. The average molecular weight is 182 g/mol. The molecular formula is C9H18N4. The molecule has 0 saturated carbocycles. The van der Waals surface area contributed by atoms with E-state index in [0.29, 0.717) is 12.1 Å². The molecule has 0 amide bonds. The van der Waals surface area contributed by atoms with Gasteiger partial charge in [-0.05, 0) is 13.8 Å². The number of hydrogen-bond acceptors (Lipinski definition) is 3. The van der Waals surface area contributed by atoms with Gasteiger partial charge in [-0.2, -0.15) is 0 Å². The summed E-state index contributed by atoms with van der Waals surface area (Å²) in [4.78, 5) is 0. The molecule has 0 fully saturated rings. The van der Waals surface area contributed by atoms with Crippen molar-refractivity contribution in [2.75, 3.05) is 0 Å². The third-order valence-corrected chi connectivity index (χ3v) is 1.87. The lowest BCUT2D eigenvalue weighted by Crippen LogP contribution is -2.24. The van der Waals surface area contributed by atoms with E-state index in [2.05, 4.69) is 47.8 Å². The Morgan fingerprint density at radius 3 is 2.62 bits per heavy atom. The summed E-state index contributed by atoms with van der Waals surface area (Å²) < 4.78 is 2.08. The summed E-state index contributed by atoms with van der Waals surface area (Å²) in [6.07, 6.45) is 1.78. The number of nitrogens with one attached hydrogen (secondary N) is 1. The predicted molar refractivity (Wildman–Crippen MR) is 52.4 cm³/mol. The van der Waals surface area contributed by atoms with Crippen LogP contribution >= 0.6 is 0 Å². The lowest BCUT2D eigenvalue weighted by atomic mass is 10.3. The van der Waals surface area contributed by atoms with Crippen molar-refractivity contribution in [3.8, 4) is 0 Å². The van der Waals surface area contributed by atoms with Crippen molar-refractivity contribution >= 4 is 0 Å². The Morgan fingerprint density at radius 2 is 2.08 bits per heavy atom. The molecule has 74 valence electrons. The van der Waals surface area contributed by atoms with Gasteiger partial charge in [-0.3, -0.25) is 0 Å². The van der Waals surface area contributed by atoms with Crippen LogP contribution in [0, 0.1) is 0 Å². The fourth-order valence-electron chi connectivity index (χ4n) is 1.12. The normalized spacial score (nSPS) is 11.5. The van der Waals surface area contributed by atoms with Gasteiger partial charge < -0.3 is 9.88 Å². The Hall–Kier alpha value is -0.900. The molecule has 0 aliphatic rings. The molecule has 1 N–H and O–H groups in total. The molecule has 1 rings (SSSR count). The van der Waals surface area contributed by atoms with Crippen molar-refractivity contribution in [1.29, 1.82) is 0 Å². The van der Waals surface area contributed by atoms with Gasteiger partial charge in [0.15, 0.2) is 0 Å². The zero-order valence-electron chi connectivity index (χ0n) is 8.78. The van der Waals surface area contributed by atoms with Crippen molar-refractivity contribution in [3.63, 3.8) is 0 Å². The van der Waals surface area contributed by atoms with E-state index in [9.17, 15) is 0 Å². The van der Waals surface area contributed by atoms with Crippen LogP contribution in [0.25, 0.3) is 0 Å². The molecule has 0 saturated heterocycles. The van der Waals surface area contributed by atoms with E-state index in [1.807, 2.05) is 0 Å². The molecule has 1 aromatic rings. The number of aromatic nitrogens is 3. The molecule has 0 spiro atoms. The predicted octanol–water partition coefficient (Wildman–Crippen LogP) is 1.36. The van der Waals surface area contributed by atoms with Crippen LogP contribution in [-0.2, 0) is 6.54 Å². The van der Waals surface area contributed by atoms with E-state index in [0.717, 1.165) is 12.4 Å². The lowest BCUT2D eigenvalue weighted by Gasteiger charge is -2.11. The van der Waals surface area contributed by atoms with Gasteiger partial charge in [-0.1, -0.05) is 13.8 Å². The second kappa shape index (κ2) is 4.37. The van der Waals surface area contributed by atoms with Gasteiger partial charge in [0.25, 0.3) is 0 Å². The van der Waals surface area contributed by atoms with Gasteiger partial charge >= 0.3 is 0 Å². The Labute approximate surface area is 79.4 Å². The summed E-state index contributed by atoms with van der Waals surface area (Å²) in [5.74, 6) is 1.00. The maximum atomic E-state index is 4.06. The lowest BCUT2D eigenvalue weighted by molar-refractivity contribution is 0.515. The third kappa shape index (κ3) is 2.81. The van der Waals surface area contributed by atoms with Crippen molar-refractivity contribution in [1.82, 2.24) is 20.1 Å². The summed E-state index contributed by atoms with van der Waals surface area (Å²) in [5, 5.41) is 11.3. The number of nitrogens with zero attached hydrogens (tertiary/aromatic N) is 3. The zero-order chi connectivity index (χ0) is 9.84.